The molecule has 5 nitrogen and oxygen atoms in total. The summed E-state index contributed by atoms with van der Waals surface area (Å²) in [5.74, 6) is 0.715. The van der Waals surface area contributed by atoms with E-state index in [4.69, 9.17) is 4.74 Å². The molecular formula is C27H22FN3O2S. The van der Waals surface area contributed by atoms with E-state index in [0.717, 1.165) is 22.6 Å². The molecule has 2 aliphatic heterocycles. The number of allylic oxidation sites excluding steroid dienone is 1. The Balaban J connectivity index is 1.33. The summed E-state index contributed by atoms with van der Waals surface area (Å²) in [6.07, 6.45) is 0.231. The summed E-state index contributed by atoms with van der Waals surface area (Å²) in [6, 6.07) is 26.2. The Kier molecular flexibility index (Phi) is 6.24. The van der Waals surface area contributed by atoms with Gasteiger partial charge >= 0.3 is 0 Å². The second-order valence-corrected chi connectivity index (χ2v) is 9.12. The van der Waals surface area contributed by atoms with E-state index < -0.39 is 0 Å². The van der Waals surface area contributed by atoms with Crippen molar-refractivity contribution in [1.82, 2.24) is 4.90 Å². The highest BCUT2D eigenvalue weighted by Gasteiger charge is 2.38. The topological polar surface area (TPSA) is 56.6 Å². The van der Waals surface area contributed by atoms with Crippen molar-refractivity contribution in [3.05, 3.63) is 106 Å². The molecule has 7 heteroatoms. The highest BCUT2D eigenvalue weighted by atomic mass is 32.2. The van der Waals surface area contributed by atoms with Gasteiger partial charge in [0.05, 0.1) is 29.2 Å². The first kappa shape index (κ1) is 22.1. The molecular weight excluding hydrogens is 449 g/mol. The number of rotatable bonds is 5. The number of amides is 1. The van der Waals surface area contributed by atoms with E-state index in [1.165, 1.54) is 23.9 Å². The number of thioether (sulfide) groups is 1. The molecule has 2 aliphatic rings. The molecule has 0 bridgehead atoms. The summed E-state index contributed by atoms with van der Waals surface area (Å²) in [4.78, 5) is 16.8. The highest BCUT2D eigenvalue weighted by Crippen LogP contribution is 2.43. The lowest BCUT2D eigenvalue weighted by Gasteiger charge is -2.42. The normalized spacial score (nSPS) is 17.9. The van der Waals surface area contributed by atoms with E-state index in [-0.39, 0.29) is 24.1 Å². The molecule has 0 N–H and O–H groups in total. The molecule has 3 aromatic rings. The molecule has 0 radical (unpaired) electrons. The van der Waals surface area contributed by atoms with Crippen molar-refractivity contribution in [3.8, 4) is 11.8 Å². The van der Waals surface area contributed by atoms with Crippen LogP contribution in [0.25, 0.3) is 0 Å². The Labute approximate surface area is 202 Å². The molecule has 1 atom stereocenters. The van der Waals surface area contributed by atoms with Crippen LogP contribution in [0.2, 0.25) is 0 Å². The number of nitrogens with zero attached hydrogens (tertiary/aromatic N) is 3. The second-order valence-electron chi connectivity index (χ2n) is 8.18. The molecule has 170 valence electrons. The third kappa shape index (κ3) is 4.50. The van der Waals surface area contributed by atoms with Gasteiger partial charge in [0.1, 0.15) is 18.2 Å². The average Bonchev–Trinajstić information content (AvgIpc) is 2.89. The Hall–Kier alpha value is -3.76. The maximum absolute atomic E-state index is 13.3. The second kappa shape index (κ2) is 9.62. The van der Waals surface area contributed by atoms with Gasteiger partial charge < -0.3 is 9.64 Å². The molecule has 34 heavy (non-hydrogen) atoms. The lowest BCUT2D eigenvalue weighted by molar-refractivity contribution is -0.129. The van der Waals surface area contributed by atoms with Gasteiger partial charge in [-0.15, -0.1) is 0 Å². The van der Waals surface area contributed by atoms with Crippen molar-refractivity contribution >= 4 is 23.4 Å². The van der Waals surface area contributed by atoms with Crippen molar-refractivity contribution in [2.45, 2.75) is 18.9 Å². The molecule has 0 aliphatic carbocycles. The fourth-order valence-electron chi connectivity index (χ4n) is 4.20. The number of benzene rings is 3. The molecule has 0 spiro atoms. The maximum Gasteiger partial charge on any atom is 0.229 e. The molecule has 2 heterocycles. The number of anilines is 1. The van der Waals surface area contributed by atoms with E-state index in [1.807, 2.05) is 59.5 Å². The van der Waals surface area contributed by atoms with Gasteiger partial charge in [-0.25, -0.2) is 4.39 Å². The van der Waals surface area contributed by atoms with Crippen LogP contribution in [0, 0.1) is 17.1 Å². The van der Waals surface area contributed by atoms with Crippen LogP contribution in [0.4, 0.5) is 10.1 Å². The maximum atomic E-state index is 13.3. The molecule has 3 aromatic carbocycles. The van der Waals surface area contributed by atoms with Gasteiger partial charge in [-0.2, -0.15) is 5.26 Å². The fraction of sp³-hybridized carbons (Fsp3) is 0.185. The number of hydrogen-bond donors (Lipinski definition) is 0. The lowest BCUT2D eigenvalue weighted by Crippen LogP contribution is -2.47. The Morgan fingerprint density at radius 1 is 1.03 bits per heavy atom. The highest BCUT2D eigenvalue weighted by molar-refractivity contribution is 8.03. The number of fused-ring (bicyclic) bond motifs is 1. The van der Waals surface area contributed by atoms with Crippen LogP contribution in [0.3, 0.4) is 0 Å². The predicted octanol–water partition coefficient (Wildman–Crippen LogP) is 5.62. The number of nitriles is 1. The summed E-state index contributed by atoms with van der Waals surface area (Å²) >= 11 is 1.47. The zero-order valence-electron chi connectivity index (χ0n) is 18.4. The first-order chi connectivity index (χ1) is 16.6. The van der Waals surface area contributed by atoms with Gasteiger partial charge in [0.15, 0.2) is 0 Å². The van der Waals surface area contributed by atoms with Crippen molar-refractivity contribution in [3.63, 3.8) is 0 Å². The first-order valence-corrected chi connectivity index (χ1v) is 12.0. The van der Waals surface area contributed by atoms with Crippen molar-refractivity contribution < 1.29 is 13.9 Å². The molecule has 5 rings (SSSR count). The average molecular weight is 472 g/mol. The van der Waals surface area contributed by atoms with Gasteiger partial charge in [0, 0.05) is 18.0 Å². The van der Waals surface area contributed by atoms with Crippen LogP contribution in [-0.2, 0) is 11.4 Å². The summed E-state index contributed by atoms with van der Waals surface area (Å²) < 4.78 is 19.2. The number of ether oxygens (including phenoxy) is 1. The Morgan fingerprint density at radius 2 is 1.76 bits per heavy atom. The van der Waals surface area contributed by atoms with Crippen LogP contribution in [0.5, 0.6) is 5.75 Å². The molecule has 1 saturated heterocycles. The lowest BCUT2D eigenvalue weighted by atomic mass is 9.86. The van der Waals surface area contributed by atoms with E-state index in [9.17, 15) is 14.4 Å². The van der Waals surface area contributed by atoms with Gasteiger partial charge in [0.25, 0.3) is 0 Å². The predicted molar refractivity (Wildman–Crippen MR) is 130 cm³/mol. The first-order valence-electron chi connectivity index (χ1n) is 11.0. The summed E-state index contributed by atoms with van der Waals surface area (Å²) in [5.41, 5.74) is 3.46. The molecule has 1 fully saturated rings. The quantitative estimate of drug-likeness (QED) is 0.483. The van der Waals surface area contributed by atoms with Crippen LogP contribution in [0.15, 0.2) is 89.5 Å². The van der Waals surface area contributed by atoms with Crippen LogP contribution in [-0.4, -0.2) is 23.4 Å². The van der Waals surface area contributed by atoms with Crippen molar-refractivity contribution in [2.24, 2.45) is 0 Å². The van der Waals surface area contributed by atoms with E-state index in [1.54, 1.807) is 17.0 Å². The van der Waals surface area contributed by atoms with Crippen LogP contribution < -0.4 is 9.64 Å². The zero-order valence-corrected chi connectivity index (χ0v) is 19.2. The minimum Gasteiger partial charge on any atom is -0.489 e. The van der Waals surface area contributed by atoms with Gasteiger partial charge in [-0.3, -0.25) is 9.69 Å². The Morgan fingerprint density at radius 3 is 2.47 bits per heavy atom. The van der Waals surface area contributed by atoms with Gasteiger partial charge in [0.2, 0.25) is 5.91 Å². The largest absolute Gasteiger partial charge is 0.489 e. The zero-order chi connectivity index (χ0) is 23.5. The summed E-state index contributed by atoms with van der Waals surface area (Å²) in [7, 11) is 0. The van der Waals surface area contributed by atoms with Crippen molar-refractivity contribution in [1.29, 1.82) is 5.26 Å². The number of carbonyl (C=O) groups excluding carboxylic acids is 1. The van der Waals surface area contributed by atoms with Crippen LogP contribution >= 0.6 is 11.8 Å². The number of carbonyl (C=O) groups is 1. The minimum atomic E-state index is -0.297. The van der Waals surface area contributed by atoms with E-state index in [0.29, 0.717) is 29.8 Å². The smallest absolute Gasteiger partial charge is 0.229 e. The number of halogens is 1. The molecule has 0 saturated carbocycles. The third-order valence-corrected chi connectivity index (χ3v) is 7.17. The third-order valence-electron chi connectivity index (χ3n) is 6.02. The van der Waals surface area contributed by atoms with Crippen molar-refractivity contribution in [2.75, 3.05) is 17.4 Å². The summed E-state index contributed by atoms with van der Waals surface area (Å²) in [5, 5.41) is 10.7. The molecule has 0 aromatic heterocycles. The SMILES string of the molecule is N#CC1=C2SCN(c3ccc(F)cc3)CN2C(=O)C[C@@H]1c1ccc(OCc2ccccc2)cc1. The molecule has 0 unspecified atom stereocenters. The van der Waals surface area contributed by atoms with Gasteiger partial charge in [-0.05, 0) is 47.5 Å². The Bertz CT molecular complexity index is 1250. The number of hydrogen-bond acceptors (Lipinski definition) is 5. The summed E-state index contributed by atoms with van der Waals surface area (Å²) in [6.45, 7) is 0.822. The molecule has 1 amide bonds. The fourth-order valence-corrected chi connectivity index (χ4v) is 5.37. The standard InChI is InChI=1S/C27H22FN3O2S/c28-21-8-10-22(11-9-21)30-17-31-26(32)14-24(25(15-29)27(31)34-18-30)20-6-12-23(13-7-20)33-16-19-4-2-1-3-5-19/h1-13,24H,14,16-18H2/t24-/m1/s1. The van der Waals surface area contributed by atoms with Crippen LogP contribution in [0.1, 0.15) is 23.5 Å². The van der Waals surface area contributed by atoms with E-state index >= 15 is 0 Å². The van der Waals surface area contributed by atoms with Gasteiger partial charge in [-0.1, -0.05) is 54.2 Å². The monoisotopic (exact) mass is 471 g/mol. The minimum absolute atomic E-state index is 0.0253. The van der Waals surface area contributed by atoms with E-state index in [2.05, 4.69) is 6.07 Å².